The fourth-order valence-corrected chi connectivity index (χ4v) is 2.52. The molecule has 0 fully saturated rings. The van der Waals surface area contributed by atoms with E-state index >= 15 is 0 Å². The largest absolute Gasteiger partial charge is 0.269 e. The van der Waals surface area contributed by atoms with E-state index in [2.05, 4.69) is 4.72 Å². The van der Waals surface area contributed by atoms with Gasteiger partial charge in [-0.15, -0.1) is 11.6 Å². The van der Waals surface area contributed by atoms with Crippen LogP contribution in [0.4, 0.5) is 5.69 Å². The zero-order valence-electron chi connectivity index (χ0n) is 9.95. The number of alkyl halides is 1. The third-order valence-electron chi connectivity index (χ3n) is 2.18. The Balaban J connectivity index is 2.62. The van der Waals surface area contributed by atoms with Crippen molar-refractivity contribution in [3.8, 4) is 0 Å². The lowest BCUT2D eigenvalue weighted by molar-refractivity contribution is -0.384. The van der Waals surface area contributed by atoms with Crippen LogP contribution in [0.5, 0.6) is 0 Å². The van der Waals surface area contributed by atoms with Gasteiger partial charge in [-0.25, -0.2) is 13.1 Å². The number of nitro benzene ring substituents is 1. The Morgan fingerprint density at radius 1 is 1.26 bits per heavy atom. The molecule has 1 aromatic rings. The van der Waals surface area contributed by atoms with Gasteiger partial charge in [0.2, 0.25) is 10.0 Å². The highest BCUT2D eigenvalue weighted by Gasteiger charge is 2.11. The van der Waals surface area contributed by atoms with Crippen molar-refractivity contribution in [1.29, 1.82) is 0 Å². The van der Waals surface area contributed by atoms with Gasteiger partial charge in [0.05, 0.1) is 10.7 Å². The molecule has 104 valence electrons. The SMILES string of the molecule is O=[N+]([O-])c1ccc(CS(=O)(=O)NC/C=C/CCl)cc1. The van der Waals surface area contributed by atoms with Crippen LogP contribution in [-0.2, 0) is 15.8 Å². The molecule has 0 atom stereocenters. The summed E-state index contributed by atoms with van der Waals surface area (Å²) in [6.45, 7) is 0.169. The van der Waals surface area contributed by atoms with Crippen molar-refractivity contribution in [2.75, 3.05) is 12.4 Å². The van der Waals surface area contributed by atoms with E-state index in [0.29, 0.717) is 11.4 Å². The van der Waals surface area contributed by atoms with Crippen LogP contribution in [-0.4, -0.2) is 25.8 Å². The van der Waals surface area contributed by atoms with Gasteiger partial charge in [-0.1, -0.05) is 24.3 Å². The standard InChI is InChI=1S/C11H13ClN2O4S/c12-7-1-2-8-13-19(17,18)9-10-3-5-11(6-4-10)14(15)16/h1-6,13H,7-9H2/b2-1+. The summed E-state index contributed by atoms with van der Waals surface area (Å²) in [6.07, 6.45) is 3.25. The number of rotatable bonds is 7. The molecule has 1 aromatic carbocycles. The average molecular weight is 305 g/mol. The lowest BCUT2D eigenvalue weighted by Gasteiger charge is -2.04. The normalized spacial score (nSPS) is 11.8. The Morgan fingerprint density at radius 3 is 2.42 bits per heavy atom. The molecule has 19 heavy (non-hydrogen) atoms. The van der Waals surface area contributed by atoms with E-state index in [1.165, 1.54) is 24.3 Å². The zero-order chi connectivity index (χ0) is 14.3. The molecular formula is C11H13ClN2O4S. The number of allylic oxidation sites excluding steroid dienone is 1. The van der Waals surface area contributed by atoms with E-state index in [1.54, 1.807) is 12.2 Å². The number of non-ortho nitro benzene ring substituents is 1. The van der Waals surface area contributed by atoms with Gasteiger partial charge >= 0.3 is 0 Å². The molecule has 0 saturated heterocycles. The highest BCUT2D eigenvalue weighted by molar-refractivity contribution is 7.88. The van der Waals surface area contributed by atoms with Crippen molar-refractivity contribution >= 4 is 27.3 Å². The molecule has 0 aromatic heterocycles. The van der Waals surface area contributed by atoms with Gasteiger partial charge in [0.1, 0.15) is 0 Å². The molecule has 1 N–H and O–H groups in total. The molecule has 0 bridgehead atoms. The van der Waals surface area contributed by atoms with E-state index in [1.807, 2.05) is 0 Å². The van der Waals surface area contributed by atoms with Crippen molar-refractivity contribution in [2.24, 2.45) is 0 Å². The molecule has 0 aliphatic heterocycles. The minimum atomic E-state index is -3.46. The average Bonchev–Trinajstić information content (AvgIpc) is 2.35. The first-order chi connectivity index (χ1) is 8.94. The number of hydrogen-bond donors (Lipinski definition) is 1. The van der Waals surface area contributed by atoms with Gasteiger partial charge in [0.25, 0.3) is 5.69 Å². The van der Waals surface area contributed by atoms with Crippen LogP contribution in [0, 0.1) is 10.1 Å². The highest BCUT2D eigenvalue weighted by atomic mass is 35.5. The van der Waals surface area contributed by atoms with Crippen LogP contribution >= 0.6 is 11.6 Å². The first kappa shape index (κ1) is 15.6. The van der Waals surface area contributed by atoms with Gasteiger partial charge in [0, 0.05) is 24.6 Å². The molecule has 0 spiro atoms. The van der Waals surface area contributed by atoms with Crippen LogP contribution in [0.3, 0.4) is 0 Å². The molecular weight excluding hydrogens is 292 g/mol. The van der Waals surface area contributed by atoms with E-state index in [-0.39, 0.29) is 18.0 Å². The first-order valence-electron chi connectivity index (χ1n) is 5.36. The molecule has 0 unspecified atom stereocenters. The summed E-state index contributed by atoms with van der Waals surface area (Å²) in [4.78, 5) is 9.92. The molecule has 1 rings (SSSR count). The number of halogens is 1. The maximum Gasteiger partial charge on any atom is 0.269 e. The second kappa shape index (κ2) is 7.22. The summed E-state index contributed by atoms with van der Waals surface area (Å²) in [5.74, 6) is 0.101. The molecule has 0 radical (unpaired) electrons. The lowest BCUT2D eigenvalue weighted by atomic mass is 10.2. The lowest BCUT2D eigenvalue weighted by Crippen LogP contribution is -2.25. The van der Waals surface area contributed by atoms with Gasteiger partial charge in [0.15, 0.2) is 0 Å². The van der Waals surface area contributed by atoms with Gasteiger partial charge < -0.3 is 0 Å². The van der Waals surface area contributed by atoms with Crippen molar-refractivity contribution in [1.82, 2.24) is 4.72 Å². The van der Waals surface area contributed by atoms with Crippen molar-refractivity contribution in [3.63, 3.8) is 0 Å². The zero-order valence-corrected chi connectivity index (χ0v) is 11.5. The maximum absolute atomic E-state index is 11.7. The second-order valence-corrected chi connectivity index (χ2v) is 5.77. The van der Waals surface area contributed by atoms with Crippen LogP contribution in [0.15, 0.2) is 36.4 Å². The molecule has 8 heteroatoms. The highest BCUT2D eigenvalue weighted by Crippen LogP contribution is 2.13. The smallest absolute Gasteiger partial charge is 0.258 e. The number of nitro groups is 1. The summed E-state index contributed by atoms with van der Waals surface area (Å²) >= 11 is 5.40. The number of benzene rings is 1. The molecule has 0 heterocycles. The quantitative estimate of drug-likeness (QED) is 0.360. The van der Waals surface area contributed by atoms with Gasteiger partial charge in [-0.3, -0.25) is 10.1 Å². The number of sulfonamides is 1. The molecule has 0 amide bonds. The minimum absolute atomic E-state index is 0.0702. The Hall–Kier alpha value is -1.44. The summed E-state index contributed by atoms with van der Waals surface area (Å²) in [5, 5.41) is 10.5. The van der Waals surface area contributed by atoms with Crippen molar-refractivity contribution < 1.29 is 13.3 Å². The summed E-state index contributed by atoms with van der Waals surface area (Å²) in [6, 6.07) is 5.40. The van der Waals surface area contributed by atoms with Gasteiger partial charge in [-0.05, 0) is 5.56 Å². The third kappa shape index (κ3) is 5.82. The predicted octanol–water partition coefficient (Wildman–Crippen LogP) is 1.81. The van der Waals surface area contributed by atoms with E-state index < -0.39 is 14.9 Å². The Labute approximate surface area is 116 Å². The maximum atomic E-state index is 11.7. The second-order valence-electron chi connectivity index (χ2n) is 3.66. The number of hydrogen-bond acceptors (Lipinski definition) is 4. The Bertz CT molecular complexity index is 555. The van der Waals surface area contributed by atoms with Gasteiger partial charge in [-0.2, -0.15) is 0 Å². The van der Waals surface area contributed by atoms with Crippen molar-refractivity contribution in [2.45, 2.75) is 5.75 Å². The number of nitrogens with one attached hydrogen (secondary N) is 1. The van der Waals surface area contributed by atoms with Crippen molar-refractivity contribution in [3.05, 3.63) is 52.1 Å². The van der Waals surface area contributed by atoms with Crippen LogP contribution < -0.4 is 4.72 Å². The fourth-order valence-electron chi connectivity index (χ4n) is 1.31. The fraction of sp³-hybridized carbons (Fsp3) is 0.273. The molecule has 0 aliphatic carbocycles. The Morgan fingerprint density at radius 2 is 1.89 bits per heavy atom. The topological polar surface area (TPSA) is 89.3 Å². The number of nitrogens with zero attached hydrogens (tertiary/aromatic N) is 1. The minimum Gasteiger partial charge on any atom is -0.258 e. The van der Waals surface area contributed by atoms with E-state index in [0.717, 1.165) is 0 Å². The van der Waals surface area contributed by atoms with Crippen LogP contribution in [0.2, 0.25) is 0 Å². The summed E-state index contributed by atoms with van der Waals surface area (Å²) in [5.41, 5.74) is 0.415. The molecule has 6 nitrogen and oxygen atoms in total. The molecule has 0 saturated carbocycles. The van der Waals surface area contributed by atoms with Crippen LogP contribution in [0.1, 0.15) is 5.56 Å². The summed E-state index contributed by atoms with van der Waals surface area (Å²) < 4.78 is 25.7. The van der Waals surface area contributed by atoms with E-state index in [4.69, 9.17) is 11.6 Å². The van der Waals surface area contributed by atoms with Crippen LogP contribution in [0.25, 0.3) is 0 Å². The monoisotopic (exact) mass is 304 g/mol. The first-order valence-corrected chi connectivity index (χ1v) is 7.55. The molecule has 0 aliphatic rings. The summed E-state index contributed by atoms with van der Waals surface area (Å²) in [7, 11) is -3.46. The Kier molecular flexibility index (Phi) is 5.94. The predicted molar refractivity (Wildman–Crippen MR) is 73.6 cm³/mol. The third-order valence-corrected chi connectivity index (χ3v) is 3.68. The van der Waals surface area contributed by atoms with E-state index in [9.17, 15) is 18.5 Å².